The maximum absolute atomic E-state index is 5.31. The molecular weight excluding hydrogens is 194 g/mol. The third-order valence-corrected chi connectivity index (χ3v) is 3.05. The van der Waals surface area contributed by atoms with Gasteiger partial charge in [-0.05, 0) is 31.5 Å². The van der Waals surface area contributed by atoms with E-state index in [9.17, 15) is 0 Å². The zero-order chi connectivity index (χ0) is 9.97. The van der Waals surface area contributed by atoms with Crippen molar-refractivity contribution in [2.45, 2.75) is 13.5 Å². The lowest BCUT2D eigenvalue weighted by Gasteiger charge is -1.99. The van der Waals surface area contributed by atoms with E-state index < -0.39 is 0 Å². The second-order valence-corrected chi connectivity index (χ2v) is 4.23. The molecule has 0 fully saturated rings. The lowest BCUT2D eigenvalue weighted by atomic mass is 10.1. The Morgan fingerprint density at radius 2 is 2.36 bits per heavy atom. The zero-order valence-corrected chi connectivity index (χ0v) is 9.15. The fraction of sp³-hybridized carbons (Fsp3) is 0.273. The second-order valence-electron chi connectivity index (χ2n) is 3.23. The molecule has 2 nitrogen and oxygen atoms in total. The van der Waals surface area contributed by atoms with Crippen molar-refractivity contribution in [1.82, 2.24) is 5.32 Å². The van der Waals surface area contributed by atoms with E-state index in [0.29, 0.717) is 0 Å². The molecule has 2 aromatic rings. The fourth-order valence-corrected chi connectivity index (χ4v) is 2.39. The monoisotopic (exact) mass is 207 g/mol. The molecule has 0 saturated carbocycles. The van der Waals surface area contributed by atoms with Crippen molar-refractivity contribution < 1.29 is 4.42 Å². The quantitative estimate of drug-likeness (QED) is 0.837. The lowest BCUT2D eigenvalue weighted by molar-refractivity contribution is 0.535. The van der Waals surface area contributed by atoms with Crippen molar-refractivity contribution in [1.29, 1.82) is 0 Å². The van der Waals surface area contributed by atoms with Gasteiger partial charge < -0.3 is 9.73 Å². The van der Waals surface area contributed by atoms with Gasteiger partial charge in [0.15, 0.2) is 0 Å². The summed E-state index contributed by atoms with van der Waals surface area (Å²) < 4.78 is 5.31. The fourth-order valence-electron chi connectivity index (χ4n) is 1.48. The third kappa shape index (κ3) is 1.74. The van der Waals surface area contributed by atoms with Crippen LogP contribution in [0.4, 0.5) is 0 Å². The van der Waals surface area contributed by atoms with Gasteiger partial charge in [-0.2, -0.15) is 0 Å². The van der Waals surface area contributed by atoms with E-state index in [-0.39, 0.29) is 0 Å². The molecule has 3 heteroatoms. The summed E-state index contributed by atoms with van der Waals surface area (Å²) in [5, 5.41) is 5.28. The molecule has 0 aliphatic rings. The molecular formula is C11H13NOS. The smallest absolute Gasteiger partial charge is 0.101 e. The number of aryl methyl sites for hydroxylation is 1. The predicted molar refractivity (Wildman–Crippen MR) is 59.5 cm³/mol. The van der Waals surface area contributed by atoms with E-state index in [1.807, 2.05) is 20.2 Å². The minimum Gasteiger partial charge on any atom is -0.469 e. The van der Waals surface area contributed by atoms with Gasteiger partial charge >= 0.3 is 0 Å². The first-order valence-corrected chi connectivity index (χ1v) is 5.45. The normalized spacial score (nSPS) is 10.7. The van der Waals surface area contributed by atoms with Crippen LogP contribution in [0.5, 0.6) is 0 Å². The highest BCUT2D eigenvalue weighted by atomic mass is 32.1. The van der Waals surface area contributed by atoms with Crippen molar-refractivity contribution in [3.8, 4) is 11.1 Å². The SMILES string of the molecule is CNCc1sccc1-c1coc(C)c1. The number of rotatable bonds is 3. The molecule has 2 heterocycles. The molecule has 0 saturated heterocycles. The molecule has 0 amide bonds. The first-order valence-electron chi connectivity index (χ1n) is 4.57. The van der Waals surface area contributed by atoms with Crippen molar-refractivity contribution in [3.63, 3.8) is 0 Å². The second kappa shape index (κ2) is 3.98. The van der Waals surface area contributed by atoms with E-state index in [0.717, 1.165) is 12.3 Å². The predicted octanol–water partition coefficient (Wildman–Crippen LogP) is 3.04. The van der Waals surface area contributed by atoms with Crippen LogP contribution >= 0.6 is 11.3 Å². The van der Waals surface area contributed by atoms with E-state index >= 15 is 0 Å². The van der Waals surface area contributed by atoms with Crippen molar-refractivity contribution in [2.24, 2.45) is 0 Å². The van der Waals surface area contributed by atoms with Crippen molar-refractivity contribution in [2.75, 3.05) is 7.05 Å². The van der Waals surface area contributed by atoms with Crippen molar-refractivity contribution >= 4 is 11.3 Å². The molecule has 0 unspecified atom stereocenters. The standard InChI is InChI=1S/C11H13NOS/c1-8-5-9(7-13-8)10-3-4-14-11(10)6-12-2/h3-5,7,12H,6H2,1-2H3. The Hall–Kier alpha value is -1.06. The Labute approximate surface area is 87.6 Å². The molecule has 0 aromatic carbocycles. The van der Waals surface area contributed by atoms with Gasteiger partial charge in [0.05, 0.1) is 6.26 Å². The van der Waals surface area contributed by atoms with Crippen LogP contribution in [0.3, 0.4) is 0 Å². The summed E-state index contributed by atoms with van der Waals surface area (Å²) in [6, 6.07) is 4.21. The van der Waals surface area contributed by atoms with Crippen LogP contribution in [-0.2, 0) is 6.54 Å². The third-order valence-electron chi connectivity index (χ3n) is 2.12. The Balaban J connectivity index is 2.36. The van der Waals surface area contributed by atoms with Crippen molar-refractivity contribution in [3.05, 3.63) is 34.4 Å². The van der Waals surface area contributed by atoms with Gasteiger partial charge in [-0.25, -0.2) is 0 Å². The van der Waals surface area contributed by atoms with Crippen LogP contribution in [0, 0.1) is 6.92 Å². The van der Waals surface area contributed by atoms with E-state index in [2.05, 4.69) is 22.8 Å². The highest BCUT2D eigenvalue weighted by Gasteiger charge is 2.07. The van der Waals surface area contributed by atoms with Gasteiger partial charge in [-0.1, -0.05) is 0 Å². The van der Waals surface area contributed by atoms with Gasteiger partial charge in [0, 0.05) is 22.5 Å². The Morgan fingerprint density at radius 3 is 3.00 bits per heavy atom. The van der Waals surface area contributed by atoms with Gasteiger partial charge in [0.2, 0.25) is 0 Å². The number of hydrogen-bond donors (Lipinski definition) is 1. The average molecular weight is 207 g/mol. The summed E-state index contributed by atoms with van der Waals surface area (Å²) in [5.41, 5.74) is 2.45. The number of nitrogens with one attached hydrogen (secondary N) is 1. The first kappa shape index (κ1) is 9.49. The van der Waals surface area contributed by atoms with Crippen LogP contribution in [0.2, 0.25) is 0 Å². The number of furan rings is 1. The van der Waals surface area contributed by atoms with Gasteiger partial charge in [-0.15, -0.1) is 11.3 Å². The molecule has 2 aromatic heterocycles. The van der Waals surface area contributed by atoms with Crippen LogP contribution in [0.25, 0.3) is 11.1 Å². The summed E-state index contributed by atoms with van der Waals surface area (Å²) in [7, 11) is 1.96. The van der Waals surface area contributed by atoms with Gasteiger partial charge in [0.1, 0.15) is 5.76 Å². The molecule has 0 aliphatic heterocycles. The molecule has 2 rings (SSSR count). The van der Waals surface area contributed by atoms with Crippen LogP contribution < -0.4 is 5.32 Å². The van der Waals surface area contributed by atoms with E-state index in [4.69, 9.17) is 4.42 Å². The first-order chi connectivity index (χ1) is 6.81. The topological polar surface area (TPSA) is 25.2 Å². The summed E-state index contributed by atoms with van der Waals surface area (Å²) in [4.78, 5) is 1.35. The molecule has 0 aliphatic carbocycles. The highest BCUT2D eigenvalue weighted by Crippen LogP contribution is 2.29. The van der Waals surface area contributed by atoms with Gasteiger partial charge in [-0.3, -0.25) is 0 Å². The molecule has 14 heavy (non-hydrogen) atoms. The largest absolute Gasteiger partial charge is 0.469 e. The maximum Gasteiger partial charge on any atom is 0.101 e. The Kier molecular flexibility index (Phi) is 2.70. The Morgan fingerprint density at radius 1 is 1.50 bits per heavy atom. The molecule has 0 spiro atoms. The molecule has 1 N–H and O–H groups in total. The number of hydrogen-bond acceptors (Lipinski definition) is 3. The van der Waals surface area contributed by atoms with E-state index in [1.54, 1.807) is 11.3 Å². The summed E-state index contributed by atoms with van der Waals surface area (Å²) in [6.07, 6.45) is 1.82. The number of thiophene rings is 1. The maximum atomic E-state index is 5.31. The molecule has 74 valence electrons. The summed E-state index contributed by atoms with van der Waals surface area (Å²) >= 11 is 1.77. The summed E-state index contributed by atoms with van der Waals surface area (Å²) in [5.74, 6) is 0.960. The van der Waals surface area contributed by atoms with E-state index in [1.165, 1.54) is 16.0 Å². The average Bonchev–Trinajstić information content (AvgIpc) is 2.74. The minimum atomic E-state index is 0.914. The van der Waals surface area contributed by atoms with Crippen LogP contribution in [0.1, 0.15) is 10.6 Å². The molecule has 0 radical (unpaired) electrons. The van der Waals surface area contributed by atoms with Gasteiger partial charge in [0.25, 0.3) is 0 Å². The zero-order valence-electron chi connectivity index (χ0n) is 8.33. The van der Waals surface area contributed by atoms with Crippen LogP contribution in [0.15, 0.2) is 28.2 Å². The minimum absolute atomic E-state index is 0.914. The highest BCUT2D eigenvalue weighted by molar-refractivity contribution is 7.10. The van der Waals surface area contributed by atoms with Crippen LogP contribution in [-0.4, -0.2) is 7.05 Å². The molecule has 0 atom stereocenters. The lowest BCUT2D eigenvalue weighted by Crippen LogP contribution is -2.03. The Bertz CT molecular complexity index is 416. The molecule has 0 bridgehead atoms. The summed E-state index contributed by atoms with van der Waals surface area (Å²) in [6.45, 7) is 2.88.